The maximum atomic E-state index is 11.8. The summed E-state index contributed by atoms with van der Waals surface area (Å²) in [5.74, 6) is 0.454. The lowest BCUT2D eigenvalue weighted by Gasteiger charge is -2.19. The Morgan fingerprint density at radius 1 is 1.38 bits per heavy atom. The quantitative estimate of drug-likeness (QED) is 0.889. The minimum atomic E-state index is -0.488. The summed E-state index contributed by atoms with van der Waals surface area (Å²) in [4.78, 5) is 11.8. The van der Waals surface area contributed by atoms with Gasteiger partial charge in [0, 0.05) is 18.2 Å². The normalized spacial score (nSPS) is 11.2. The van der Waals surface area contributed by atoms with Gasteiger partial charge in [0.2, 0.25) is 0 Å². The Morgan fingerprint density at radius 3 is 2.67 bits per heavy atom. The van der Waals surface area contributed by atoms with Crippen LogP contribution in [0.4, 0.5) is 10.5 Å². The van der Waals surface area contributed by atoms with Crippen molar-refractivity contribution in [2.45, 2.75) is 26.3 Å². The van der Waals surface area contributed by atoms with E-state index in [1.165, 1.54) is 0 Å². The van der Waals surface area contributed by atoms with Gasteiger partial charge in [-0.05, 0) is 32.9 Å². The van der Waals surface area contributed by atoms with E-state index in [9.17, 15) is 4.79 Å². The molecule has 0 unspecified atom stereocenters. The first-order chi connectivity index (χ1) is 9.76. The molecule has 1 aromatic heterocycles. The van der Waals surface area contributed by atoms with Crippen molar-refractivity contribution in [2.75, 3.05) is 5.73 Å². The summed E-state index contributed by atoms with van der Waals surface area (Å²) in [6, 6.07) is 7.18. The van der Waals surface area contributed by atoms with E-state index in [0.717, 1.165) is 11.3 Å². The summed E-state index contributed by atoms with van der Waals surface area (Å²) in [6.45, 7) is 5.67. The van der Waals surface area contributed by atoms with Gasteiger partial charge in [0.25, 0.3) is 0 Å². The molecule has 0 saturated carbocycles. The summed E-state index contributed by atoms with van der Waals surface area (Å²) in [5, 5.41) is 6.84. The average Bonchev–Trinajstić information content (AvgIpc) is 2.66. The molecule has 1 aromatic carbocycles. The highest BCUT2D eigenvalue weighted by molar-refractivity contribution is 5.75. The van der Waals surface area contributed by atoms with Gasteiger partial charge in [-0.1, -0.05) is 12.1 Å². The molecule has 0 bridgehead atoms. The van der Waals surface area contributed by atoms with Crippen LogP contribution in [0.3, 0.4) is 0 Å². The van der Waals surface area contributed by atoms with Gasteiger partial charge in [-0.15, -0.1) is 0 Å². The first-order valence-electron chi connectivity index (χ1n) is 6.64. The molecule has 6 nitrogen and oxygen atoms in total. The zero-order chi connectivity index (χ0) is 15.6. The molecule has 21 heavy (non-hydrogen) atoms. The number of nitrogens with two attached hydrogens (primary N) is 1. The Kier molecular flexibility index (Phi) is 3.88. The molecule has 3 N–H and O–H groups in total. The van der Waals surface area contributed by atoms with Crippen LogP contribution < -0.4 is 15.8 Å². The lowest BCUT2D eigenvalue weighted by atomic mass is 10.1. The van der Waals surface area contributed by atoms with E-state index in [1.54, 1.807) is 23.0 Å². The van der Waals surface area contributed by atoms with Crippen LogP contribution in [0.25, 0.3) is 11.3 Å². The van der Waals surface area contributed by atoms with Crippen molar-refractivity contribution in [3.63, 3.8) is 0 Å². The van der Waals surface area contributed by atoms with Crippen molar-refractivity contribution < 1.29 is 9.53 Å². The average molecular weight is 288 g/mol. The number of carbonyl (C=O) groups is 1. The Morgan fingerprint density at radius 2 is 2.10 bits per heavy atom. The monoisotopic (exact) mass is 288 g/mol. The van der Waals surface area contributed by atoms with Gasteiger partial charge in [0.15, 0.2) is 0 Å². The summed E-state index contributed by atoms with van der Waals surface area (Å²) in [7, 11) is 1.81. The minimum Gasteiger partial charge on any atom is -0.410 e. The van der Waals surface area contributed by atoms with Crippen molar-refractivity contribution in [3.8, 4) is 17.0 Å². The van der Waals surface area contributed by atoms with Crippen LogP contribution in [0.15, 0.2) is 30.5 Å². The molecule has 0 saturated heterocycles. The second-order valence-electron chi connectivity index (χ2n) is 5.86. The molecule has 0 aliphatic heterocycles. The largest absolute Gasteiger partial charge is 0.413 e. The second kappa shape index (κ2) is 5.47. The number of hydrogen-bond donors (Lipinski definition) is 2. The summed E-state index contributed by atoms with van der Waals surface area (Å²) >= 11 is 0. The number of hydrogen-bond acceptors (Lipinski definition) is 4. The fraction of sp³-hybridized carbons (Fsp3) is 0.333. The molecule has 0 aliphatic rings. The first-order valence-corrected chi connectivity index (χ1v) is 6.64. The topological polar surface area (TPSA) is 82.2 Å². The number of nitrogens with zero attached hydrogens (tertiary/aromatic N) is 2. The Hall–Kier alpha value is -2.50. The Labute approximate surface area is 123 Å². The molecule has 112 valence electrons. The highest BCUT2D eigenvalue weighted by Gasteiger charge is 2.16. The van der Waals surface area contributed by atoms with Gasteiger partial charge < -0.3 is 15.8 Å². The summed E-state index contributed by atoms with van der Waals surface area (Å²) in [5.41, 5.74) is 7.77. The molecule has 1 amide bonds. The predicted molar refractivity (Wildman–Crippen MR) is 82.0 cm³/mol. The van der Waals surface area contributed by atoms with Crippen molar-refractivity contribution in [3.05, 3.63) is 30.5 Å². The predicted octanol–water partition coefficient (Wildman–Crippen LogP) is 2.56. The van der Waals surface area contributed by atoms with Crippen LogP contribution in [0, 0.1) is 0 Å². The molecule has 1 heterocycles. The zero-order valence-electron chi connectivity index (χ0n) is 12.7. The van der Waals surface area contributed by atoms with Crippen LogP contribution in [-0.2, 0) is 7.05 Å². The number of aromatic nitrogens is 2. The van der Waals surface area contributed by atoms with Gasteiger partial charge in [-0.25, -0.2) is 4.79 Å². The number of nitrogen functional groups attached to an aromatic ring is 1. The van der Waals surface area contributed by atoms with Crippen LogP contribution >= 0.6 is 0 Å². The number of nitrogens with one attached hydrogen (secondary N) is 1. The summed E-state index contributed by atoms with van der Waals surface area (Å²) in [6.07, 6.45) is 1.10. The van der Waals surface area contributed by atoms with E-state index < -0.39 is 6.09 Å². The molecular formula is C15H20N4O2. The van der Waals surface area contributed by atoms with E-state index in [-0.39, 0.29) is 5.54 Å². The van der Waals surface area contributed by atoms with E-state index in [1.807, 2.05) is 40.0 Å². The number of carbonyl (C=O) groups excluding carboxylic acids is 1. The van der Waals surface area contributed by atoms with Crippen LogP contribution in [0.2, 0.25) is 0 Å². The fourth-order valence-corrected chi connectivity index (χ4v) is 1.95. The van der Waals surface area contributed by atoms with E-state index in [4.69, 9.17) is 10.5 Å². The molecule has 2 rings (SSSR count). The van der Waals surface area contributed by atoms with Crippen molar-refractivity contribution in [1.82, 2.24) is 15.1 Å². The van der Waals surface area contributed by atoms with Crippen LogP contribution in [0.5, 0.6) is 5.75 Å². The van der Waals surface area contributed by atoms with Crippen molar-refractivity contribution >= 4 is 11.8 Å². The van der Waals surface area contributed by atoms with E-state index in [0.29, 0.717) is 11.4 Å². The third kappa shape index (κ3) is 3.75. The molecule has 0 fully saturated rings. The smallest absolute Gasteiger partial charge is 0.410 e. The third-order valence-electron chi connectivity index (χ3n) is 2.76. The maximum Gasteiger partial charge on any atom is 0.413 e. The summed E-state index contributed by atoms with van der Waals surface area (Å²) < 4.78 is 6.97. The minimum absolute atomic E-state index is 0.346. The number of amides is 1. The SMILES string of the molecule is Cn1ncc(N)c1-c1cccc(OC(=O)NC(C)(C)C)c1. The number of ether oxygens (including phenoxy) is 1. The zero-order valence-corrected chi connectivity index (χ0v) is 12.7. The standard InChI is InChI=1S/C15H20N4O2/c1-15(2,3)18-14(20)21-11-7-5-6-10(8-11)13-12(16)9-17-19(13)4/h5-9H,16H2,1-4H3,(H,18,20). The number of anilines is 1. The molecule has 0 radical (unpaired) electrons. The number of aryl methyl sites for hydroxylation is 1. The molecular weight excluding hydrogens is 268 g/mol. The highest BCUT2D eigenvalue weighted by Crippen LogP contribution is 2.27. The lowest BCUT2D eigenvalue weighted by molar-refractivity contribution is 0.190. The number of benzene rings is 1. The third-order valence-corrected chi connectivity index (χ3v) is 2.76. The number of rotatable bonds is 2. The highest BCUT2D eigenvalue weighted by atomic mass is 16.6. The molecule has 0 atom stereocenters. The van der Waals surface area contributed by atoms with Crippen molar-refractivity contribution in [1.29, 1.82) is 0 Å². The molecule has 6 heteroatoms. The van der Waals surface area contributed by atoms with Gasteiger partial charge >= 0.3 is 6.09 Å². The van der Waals surface area contributed by atoms with Crippen molar-refractivity contribution in [2.24, 2.45) is 7.05 Å². The lowest BCUT2D eigenvalue weighted by Crippen LogP contribution is -2.42. The van der Waals surface area contributed by atoms with E-state index >= 15 is 0 Å². The van der Waals surface area contributed by atoms with E-state index in [2.05, 4.69) is 10.4 Å². The molecule has 2 aromatic rings. The maximum absolute atomic E-state index is 11.8. The van der Waals surface area contributed by atoms with Crippen LogP contribution in [0.1, 0.15) is 20.8 Å². The second-order valence-corrected chi connectivity index (χ2v) is 5.86. The van der Waals surface area contributed by atoms with Gasteiger partial charge in [-0.2, -0.15) is 5.10 Å². The first kappa shape index (κ1) is 14.9. The Balaban J connectivity index is 2.21. The van der Waals surface area contributed by atoms with Gasteiger partial charge in [0.05, 0.1) is 17.6 Å². The van der Waals surface area contributed by atoms with Crippen LogP contribution in [-0.4, -0.2) is 21.4 Å². The van der Waals surface area contributed by atoms with Gasteiger partial charge in [0.1, 0.15) is 5.75 Å². The van der Waals surface area contributed by atoms with Gasteiger partial charge in [-0.3, -0.25) is 4.68 Å². The molecule has 0 spiro atoms. The molecule has 0 aliphatic carbocycles. The Bertz CT molecular complexity index is 636. The fourth-order valence-electron chi connectivity index (χ4n) is 1.95.